The van der Waals surface area contributed by atoms with Crippen LogP contribution in [0.4, 0.5) is 0 Å². The van der Waals surface area contributed by atoms with E-state index in [-0.39, 0.29) is 11.7 Å². The van der Waals surface area contributed by atoms with Gasteiger partial charge in [-0.3, -0.25) is 9.89 Å². The predicted molar refractivity (Wildman–Crippen MR) is 68.6 cm³/mol. The van der Waals surface area contributed by atoms with Crippen LogP contribution in [-0.4, -0.2) is 32.6 Å². The van der Waals surface area contributed by atoms with Gasteiger partial charge in [0.1, 0.15) is 5.82 Å². The van der Waals surface area contributed by atoms with Crippen LogP contribution in [0.15, 0.2) is 5.38 Å². The maximum Gasteiger partial charge on any atom is 0.290 e. The SMILES string of the molecule is CCc1nc(C(=O)NCCc2csc(C)n2)n[nH]1. The summed E-state index contributed by atoms with van der Waals surface area (Å²) < 4.78 is 0. The second-order valence-corrected chi connectivity index (χ2v) is 4.89. The standard InChI is InChI=1S/C11H15N5OS/c1-3-9-14-10(16-15-9)11(17)12-5-4-8-6-18-7(2)13-8/h6H,3-5H2,1-2H3,(H,12,17)(H,14,15,16). The molecule has 7 heteroatoms. The molecule has 2 aromatic heterocycles. The Morgan fingerprint density at radius 1 is 1.50 bits per heavy atom. The number of thiazole rings is 1. The largest absolute Gasteiger partial charge is 0.349 e. The van der Waals surface area contributed by atoms with E-state index < -0.39 is 0 Å². The van der Waals surface area contributed by atoms with Crippen LogP contribution in [0, 0.1) is 6.92 Å². The smallest absolute Gasteiger partial charge is 0.290 e. The summed E-state index contributed by atoms with van der Waals surface area (Å²) in [5.74, 6) is 0.662. The molecule has 0 bridgehead atoms. The molecule has 2 rings (SSSR count). The number of H-pyrrole nitrogens is 1. The second kappa shape index (κ2) is 5.72. The number of rotatable bonds is 5. The summed E-state index contributed by atoms with van der Waals surface area (Å²) in [4.78, 5) is 20.1. The lowest BCUT2D eigenvalue weighted by Gasteiger charge is -1.99. The van der Waals surface area contributed by atoms with Crippen molar-refractivity contribution >= 4 is 17.2 Å². The molecule has 6 nitrogen and oxygen atoms in total. The number of aryl methyl sites for hydroxylation is 2. The monoisotopic (exact) mass is 265 g/mol. The zero-order valence-corrected chi connectivity index (χ0v) is 11.2. The van der Waals surface area contributed by atoms with Crippen LogP contribution in [0.5, 0.6) is 0 Å². The number of hydrogen-bond acceptors (Lipinski definition) is 5. The minimum absolute atomic E-state index is 0.196. The Morgan fingerprint density at radius 2 is 2.33 bits per heavy atom. The van der Waals surface area contributed by atoms with Crippen LogP contribution in [0.1, 0.15) is 34.1 Å². The summed E-state index contributed by atoms with van der Waals surface area (Å²) >= 11 is 1.61. The van der Waals surface area contributed by atoms with Crippen molar-refractivity contribution in [1.82, 2.24) is 25.5 Å². The van der Waals surface area contributed by atoms with E-state index in [2.05, 4.69) is 25.5 Å². The highest BCUT2D eigenvalue weighted by molar-refractivity contribution is 7.09. The summed E-state index contributed by atoms with van der Waals surface area (Å²) in [7, 11) is 0. The quantitative estimate of drug-likeness (QED) is 0.848. The first-order valence-corrected chi connectivity index (χ1v) is 6.67. The molecule has 2 heterocycles. The number of carbonyl (C=O) groups is 1. The first-order valence-electron chi connectivity index (χ1n) is 5.79. The lowest BCUT2D eigenvalue weighted by Crippen LogP contribution is -2.26. The molecular formula is C11H15N5OS. The zero-order valence-electron chi connectivity index (χ0n) is 10.4. The highest BCUT2D eigenvalue weighted by atomic mass is 32.1. The maximum atomic E-state index is 11.7. The van der Waals surface area contributed by atoms with Gasteiger partial charge in [-0.15, -0.1) is 16.4 Å². The van der Waals surface area contributed by atoms with E-state index >= 15 is 0 Å². The van der Waals surface area contributed by atoms with Gasteiger partial charge < -0.3 is 5.32 Å². The molecule has 0 unspecified atom stereocenters. The number of nitrogens with one attached hydrogen (secondary N) is 2. The molecule has 2 N–H and O–H groups in total. The Morgan fingerprint density at radius 3 is 2.94 bits per heavy atom. The van der Waals surface area contributed by atoms with Crippen LogP contribution < -0.4 is 5.32 Å². The molecule has 0 atom stereocenters. The number of amides is 1. The number of hydrogen-bond donors (Lipinski definition) is 2. The Labute approximate surface area is 109 Å². The van der Waals surface area contributed by atoms with E-state index in [1.165, 1.54) is 0 Å². The van der Waals surface area contributed by atoms with E-state index in [1.54, 1.807) is 11.3 Å². The summed E-state index contributed by atoms with van der Waals surface area (Å²) in [5.41, 5.74) is 1.00. The van der Waals surface area contributed by atoms with Gasteiger partial charge in [-0.1, -0.05) is 6.92 Å². The third kappa shape index (κ3) is 3.13. The van der Waals surface area contributed by atoms with E-state index in [4.69, 9.17) is 0 Å². The summed E-state index contributed by atoms with van der Waals surface area (Å²) in [6.07, 6.45) is 1.46. The molecular weight excluding hydrogens is 250 g/mol. The Bertz CT molecular complexity index is 533. The third-order valence-corrected chi connectivity index (χ3v) is 3.23. The van der Waals surface area contributed by atoms with Crippen molar-refractivity contribution in [2.75, 3.05) is 6.54 Å². The average molecular weight is 265 g/mol. The highest BCUT2D eigenvalue weighted by Crippen LogP contribution is 2.07. The van der Waals surface area contributed by atoms with E-state index in [1.807, 2.05) is 19.2 Å². The Hall–Kier alpha value is -1.76. The van der Waals surface area contributed by atoms with Gasteiger partial charge in [-0.05, 0) is 6.92 Å². The van der Waals surface area contributed by atoms with Gasteiger partial charge in [-0.25, -0.2) is 9.97 Å². The normalized spacial score (nSPS) is 10.6. The van der Waals surface area contributed by atoms with Crippen LogP contribution in [0.25, 0.3) is 0 Å². The van der Waals surface area contributed by atoms with Crippen molar-refractivity contribution in [1.29, 1.82) is 0 Å². The number of aromatic amines is 1. The van der Waals surface area contributed by atoms with Gasteiger partial charge in [0.2, 0.25) is 5.82 Å². The Balaban J connectivity index is 1.81. The van der Waals surface area contributed by atoms with Crippen molar-refractivity contribution in [2.45, 2.75) is 26.7 Å². The lowest BCUT2D eigenvalue weighted by atomic mass is 10.3. The van der Waals surface area contributed by atoms with Crippen molar-refractivity contribution in [3.05, 3.63) is 27.7 Å². The van der Waals surface area contributed by atoms with E-state index in [9.17, 15) is 4.79 Å². The van der Waals surface area contributed by atoms with Gasteiger partial charge in [0, 0.05) is 24.8 Å². The van der Waals surface area contributed by atoms with Gasteiger partial charge in [0.15, 0.2) is 0 Å². The molecule has 0 saturated heterocycles. The molecule has 1 amide bonds. The Kier molecular flexibility index (Phi) is 4.03. The summed E-state index contributed by atoms with van der Waals surface area (Å²) in [5, 5.41) is 12.4. The van der Waals surface area contributed by atoms with Crippen molar-refractivity contribution in [3.8, 4) is 0 Å². The molecule has 18 heavy (non-hydrogen) atoms. The minimum atomic E-state index is -0.252. The fraction of sp³-hybridized carbons (Fsp3) is 0.455. The van der Waals surface area contributed by atoms with Crippen molar-refractivity contribution in [2.24, 2.45) is 0 Å². The first-order chi connectivity index (χ1) is 8.69. The molecule has 0 aliphatic carbocycles. The van der Waals surface area contributed by atoms with Crippen LogP contribution >= 0.6 is 11.3 Å². The fourth-order valence-electron chi connectivity index (χ4n) is 1.46. The molecule has 2 aromatic rings. The molecule has 0 spiro atoms. The number of carbonyl (C=O) groups excluding carboxylic acids is 1. The second-order valence-electron chi connectivity index (χ2n) is 3.82. The molecule has 0 aliphatic rings. The van der Waals surface area contributed by atoms with Gasteiger partial charge in [0.25, 0.3) is 5.91 Å². The maximum absolute atomic E-state index is 11.7. The topological polar surface area (TPSA) is 83.6 Å². The van der Waals surface area contributed by atoms with E-state index in [0.717, 1.165) is 29.4 Å². The van der Waals surface area contributed by atoms with Crippen LogP contribution in [-0.2, 0) is 12.8 Å². The molecule has 0 saturated carbocycles. The molecule has 0 fully saturated rings. The van der Waals surface area contributed by atoms with Gasteiger partial charge in [0.05, 0.1) is 10.7 Å². The fourth-order valence-corrected chi connectivity index (χ4v) is 2.11. The average Bonchev–Trinajstić information content (AvgIpc) is 2.98. The van der Waals surface area contributed by atoms with Crippen molar-refractivity contribution in [3.63, 3.8) is 0 Å². The highest BCUT2D eigenvalue weighted by Gasteiger charge is 2.11. The molecule has 0 aliphatic heterocycles. The van der Waals surface area contributed by atoms with Gasteiger partial charge in [-0.2, -0.15) is 0 Å². The van der Waals surface area contributed by atoms with E-state index in [0.29, 0.717) is 6.54 Å². The van der Waals surface area contributed by atoms with Crippen LogP contribution in [0.3, 0.4) is 0 Å². The van der Waals surface area contributed by atoms with Crippen LogP contribution in [0.2, 0.25) is 0 Å². The summed E-state index contributed by atoms with van der Waals surface area (Å²) in [6.45, 7) is 4.46. The van der Waals surface area contributed by atoms with Crippen molar-refractivity contribution < 1.29 is 4.79 Å². The number of aromatic nitrogens is 4. The minimum Gasteiger partial charge on any atom is -0.349 e. The molecule has 0 radical (unpaired) electrons. The first kappa shape index (κ1) is 12.7. The van der Waals surface area contributed by atoms with Gasteiger partial charge >= 0.3 is 0 Å². The summed E-state index contributed by atoms with van der Waals surface area (Å²) in [6, 6.07) is 0. The zero-order chi connectivity index (χ0) is 13.0. The third-order valence-electron chi connectivity index (χ3n) is 2.40. The predicted octanol–water partition coefficient (Wildman–Crippen LogP) is 1.10. The lowest BCUT2D eigenvalue weighted by molar-refractivity contribution is 0.0944. The molecule has 0 aromatic carbocycles. The number of nitrogens with zero attached hydrogens (tertiary/aromatic N) is 3. The molecule has 96 valence electrons.